The fourth-order valence-electron chi connectivity index (χ4n) is 6.13. The summed E-state index contributed by atoms with van der Waals surface area (Å²) in [6, 6.07) is 22.6. The van der Waals surface area contributed by atoms with Gasteiger partial charge in [0, 0.05) is 34.7 Å². The Balaban J connectivity index is 1.46. The molecular formula is C31H22N2O5. The fraction of sp³-hybridized carbons (Fsp3) is 0.0968. The molecule has 0 aromatic heterocycles. The number of benzene rings is 4. The Hall–Kier alpha value is -5.04. The highest BCUT2D eigenvalue weighted by atomic mass is 16.5. The zero-order chi connectivity index (χ0) is 26.0. The number of nitrogens with one attached hydrogen (secondary N) is 1. The van der Waals surface area contributed by atoms with E-state index >= 15 is 0 Å². The van der Waals surface area contributed by atoms with Gasteiger partial charge in [-0.1, -0.05) is 60.7 Å². The molecule has 186 valence electrons. The summed E-state index contributed by atoms with van der Waals surface area (Å²) in [4.78, 5) is 28.0. The number of phenols is 2. The van der Waals surface area contributed by atoms with Crippen molar-refractivity contribution < 1.29 is 24.5 Å². The zero-order valence-corrected chi connectivity index (χ0v) is 20.0. The Kier molecular flexibility index (Phi) is 4.66. The third-order valence-electron chi connectivity index (χ3n) is 7.69. The molecule has 7 heteroatoms. The van der Waals surface area contributed by atoms with Crippen LogP contribution < -0.4 is 10.2 Å². The van der Waals surface area contributed by atoms with Crippen LogP contribution in [-0.4, -0.2) is 27.0 Å². The van der Waals surface area contributed by atoms with Gasteiger partial charge >= 0.3 is 0 Å². The quantitative estimate of drug-likeness (QED) is 0.352. The van der Waals surface area contributed by atoms with E-state index in [-0.39, 0.29) is 17.4 Å². The van der Waals surface area contributed by atoms with Gasteiger partial charge in [0.1, 0.15) is 28.5 Å². The van der Waals surface area contributed by atoms with Gasteiger partial charge in [-0.3, -0.25) is 15.0 Å². The molecule has 2 atom stereocenters. The van der Waals surface area contributed by atoms with E-state index in [1.807, 2.05) is 60.7 Å². The van der Waals surface area contributed by atoms with Gasteiger partial charge in [0.15, 0.2) is 0 Å². The number of carbonyl (C=O) groups is 2. The van der Waals surface area contributed by atoms with Crippen molar-refractivity contribution in [3.05, 3.63) is 120 Å². The zero-order valence-electron chi connectivity index (χ0n) is 20.0. The highest BCUT2D eigenvalue weighted by Gasteiger charge is 2.63. The van der Waals surface area contributed by atoms with Crippen molar-refractivity contribution in [2.24, 2.45) is 11.8 Å². The Morgan fingerprint density at radius 2 is 1.50 bits per heavy atom. The van der Waals surface area contributed by atoms with E-state index in [0.717, 1.165) is 10.8 Å². The van der Waals surface area contributed by atoms with Gasteiger partial charge in [-0.2, -0.15) is 0 Å². The second kappa shape index (κ2) is 7.98. The predicted molar refractivity (Wildman–Crippen MR) is 141 cm³/mol. The standard InChI is InChI=1S/C31H22N2O5/c34-19-12-14-25-27(16-19)38-28-17-20(35)13-15-26(28)31(25)24-11-4-3-9-23(24)30(37)33(31)32-29(36)22-10-5-7-18-6-1-2-8-21(18)22/h1-17,23-24,34-35H,(H,32,36). The molecule has 0 radical (unpaired) electrons. The maximum Gasteiger partial charge on any atom is 0.270 e. The molecule has 1 spiro atoms. The Morgan fingerprint density at radius 3 is 2.24 bits per heavy atom. The lowest BCUT2D eigenvalue weighted by Crippen LogP contribution is -2.56. The summed E-state index contributed by atoms with van der Waals surface area (Å²) in [7, 11) is 0. The van der Waals surface area contributed by atoms with Crippen LogP contribution in [0.25, 0.3) is 10.8 Å². The van der Waals surface area contributed by atoms with Crippen molar-refractivity contribution in [2.75, 3.05) is 0 Å². The van der Waals surface area contributed by atoms with Crippen molar-refractivity contribution in [2.45, 2.75) is 5.54 Å². The average molecular weight is 503 g/mol. The maximum absolute atomic E-state index is 14.1. The number of phenolic OH excluding ortho intramolecular Hbond substituents is 2. The van der Waals surface area contributed by atoms with Crippen LogP contribution in [0.3, 0.4) is 0 Å². The molecule has 2 aliphatic heterocycles. The number of carbonyl (C=O) groups excluding carboxylic acids is 2. The number of hydrogen-bond donors (Lipinski definition) is 3. The fourth-order valence-corrected chi connectivity index (χ4v) is 6.13. The van der Waals surface area contributed by atoms with Gasteiger partial charge in [-0.15, -0.1) is 0 Å². The van der Waals surface area contributed by atoms with Gasteiger partial charge in [-0.05, 0) is 41.1 Å². The first-order valence-electron chi connectivity index (χ1n) is 12.3. The molecule has 1 aliphatic carbocycles. The summed E-state index contributed by atoms with van der Waals surface area (Å²) >= 11 is 0. The van der Waals surface area contributed by atoms with Crippen LogP contribution in [0, 0.1) is 11.8 Å². The van der Waals surface area contributed by atoms with Gasteiger partial charge < -0.3 is 14.9 Å². The monoisotopic (exact) mass is 502 g/mol. The summed E-state index contributed by atoms with van der Waals surface area (Å²) in [6.45, 7) is 0. The molecule has 2 heterocycles. The smallest absolute Gasteiger partial charge is 0.270 e. The molecule has 3 aliphatic rings. The number of hydrazine groups is 1. The lowest BCUT2D eigenvalue weighted by molar-refractivity contribution is -0.135. The number of nitrogens with zero attached hydrogens (tertiary/aromatic N) is 1. The number of hydrogen-bond acceptors (Lipinski definition) is 5. The molecular weight excluding hydrogens is 480 g/mol. The normalized spacial score (nSPS) is 20.1. The largest absolute Gasteiger partial charge is 0.508 e. The number of rotatable bonds is 2. The number of aromatic hydroxyl groups is 2. The maximum atomic E-state index is 14.1. The van der Waals surface area contributed by atoms with Gasteiger partial charge in [0.2, 0.25) is 5.91 Å². The first kappa shape index (κ1) is 22.2. The molecule has 1 saturated heterocycles. The molecule has 7 nitrogen and oxygen atoms in total. The minimum Gasteiger partial charge on any atom is -0.508 e. The van der Waals surface area contributed by atoms with Crippen LogP contribution in [0.4, 0.5) is 0 Å². The van der Waals surface area contributed by atoms with Gasteiger partial charge in [0.05, 0.1) is 5.92 Å². The van der Waals surface area contributed by atoms with Crippen molar-refractivity contribution in [3.8, 4) is 23.0 Å². The third kappa shape index (κ3) is 2.96. The lowest BCUT2D eigenvalue weighted by atomic mass is 9.68. The summed E-state index contributed by atoms with van der Waals surface area (Å²) in [5.41, 5.74) is 3.44. The predicted octanol–water partition coefficient (Wildman–Crippen LogP) is 5.15. The summed E-state index contributed by atoms with van der Waals surface area (Å²) < 4.78 is 6.12. The summed E-state index contributed by atoms with van der Waals surface area (Å²) in [5, 5.41) is 23.6. The van der Waals surface area contributed by atoms with Crippen LogP contribution in [0.1, 0.15) is 21.5 Å². The number of allylic oxidation sites excluding steroid dienone is 2. The second-order valence-corrected chi connectivity index (χ2v) is 9.69. The van der Waals surface area contributed by atoms with Crippen LogP contribution in [0.5, 0.6) is 23.0 Å². The number of ether oxygens (including phenoxy) is 1. The minimum atomic E-state index is -1.20. The highest BCUT2D eigenvalue weighted by Crippen LogP contribution is 2.60. The topological polar surface area (TPSA) is 99.1 Å². The van der Waals surface area contributed by atoms with Crippen LogP contribution in [-0.2, 0) is 10.3 Å². The third-order valence-corrected chi connectivity index (χ3v) is 7.69. The van der Waals surface area contributed by atoms with E-state index in [1.54, 1.807) is 30.3 Å². The number of amides is 2. The molecule has 4 aromatic carbocycles. The Labute approximate surface area is 217 Å². The molecule has 2 amide bonds. The molecule has 0 saturated carbocycles. The molecule has 38 heavy (non-hydrogen) atoms. The lowest BCUT2D eigenvalue weighted by Gasteiger charge is -2.45. The van der Waals surface area contributed by atoms with Crippen LogP contribution >= 0.6 is 0 Å². The molecule has 4 aromatic rings. The molecule has 0 bridgehead atoms. The van der Waals surface area contributed by atoms with E-state index < -0.39 is 23.3 Å². The average Bonchev–Trinajstić information content (AvgIpc) is 3.16. The first-order valence-corrected chi connectivity index (χ1v) is 12.3. The van der Waals surface area contributed by atoms with Crippen molar-refractivity contribution in [1.82, 2.24) is 10.4 Å². The van der Waals surface area contributed by atoms with Crippen molar-refractivity contribution >= 4 is 22.6 Å². The molecule has 2 unspecified atom stereocenters. The Morgan fingerprint density at radius 1 is 0.842 bits per heavy atom. The molecule has 7 rings (SSSR count). The second-order valence-electron chi connectivity index (χ2n) is 9.69. The Bertz CT molecular complexity index is 1670. The van der Waals surface area contributed by atoms with E-state index in [9.17, 15) is 19.8 Å². The van der Waals surface area contributed by atoms with Crippen molar-refractivity contribution in [1.29, 1.82) is 0 Å². The molecule has 3 N–H and O–H groups in total. The van der Waals surface area contributed by atoms with Crippen LogP contribution in [0.2, 0.25) is 0 Å². The van der Waals surface area contributed by atoms with E-state index in [2.05, 4.69) is 5.43 Å². The van der Waals surface area contributed by atoms with Gasteiger partial charge in [-0.25, -0.2) is 5.01 Å². The van der Waals surface area contributed by atoms with E-state index in [4.69, 9.17) is 4.74 Å². The summed E-state index contributed by atoms with van der Waals surface area (Å²) in [6.07, 6.45) is 7.53. The first-order chi connectivity index (χ1) is 18.5. The molecule has 1 fully saturated rings. The highest BCUT2D eigenvalue weighted by molar-refractivity contribution is 6.07. The van der Waals surface area contributed by atoms with E-state index in [1.165, 1.54) is 17.1 Å². The van der Waals surface area contributed by atoms with E-state index in [0.29, 0.717) is 28.2 Å². The van der Waals surface area contributed by atoms with Crippen LogP contribution in [0.15, 0.2) is 103 Å². The minimum absolute atomic E-state index is 0.00574. The van der Waals surface area contributed by atoms with Crippen molar-refractivity contribution in [3.63, 3.8) is 0 Å². The number of fused-ring (bicyclic) bond motifs is 7. The van der Waals surface area contributed by atoms with Gasteiger partial charge in [0.25, 0.3) is 5.91 Å². The summed E-state index contributed by atoms with van der Waals surface area (Å²) in [5.74, 6) is -0.981. The SMILES string of the molecule is O=C(NN1C(=O)C2C=CC=CC2C12c1ccc(O)cc1Oc1cc(O)ccc12)c1cccc2ccccc12.